The van der Waals surface area contributed by atoms with Crippen molar-refractivity contribution < 1.29 is 4.79 Å². The van der Waals surface area contributed by atoms with E-state index in [1.54, 1.807) is 0 Å². The first-order valence-corrected chi connectivity index (χ1v) is 8.06. The molecule has 1 N–H and O–H groups in total. The largest absolute Gasteiger partial charge is 0.348 e. The summed E-state index contributed by atoms with van der Waals surface area (Å²) in [6.45, 7) is 13.0. The van der Waals surface area contributed by atoms with E-state index in [1.165, 1.54) is 16.7 Å². The fourth-order valence-corrected chi connectivity index (χ4v) is 2.34. The Bertz CT molecular complexity index is 457. The zero-order chi connectivity index (χ0) is 15.8. The summed E-state index contributed by atoms with van der Waals surface area (Å²) < 4.78 is 0. The van der Waals surface area contributed by atoms with Gasteiger partial charge >= 0.3 is 0 Å². The maximum Gasteiger partial charge on any atom is 0.234 e. The molecular formula is C18H30N2O. The van der Waals surface area contributed by atoms with Crippen molar-refractivity contribution in [1.82, 2.24) is 10.2 Å². The van der Waals surface area contributed by atoms with Gasteiger partial charge in [-0.3, -0.25) is 9.69 Å². The smallest absolute Gasteiger partial charge is 0.234 e. The Balaban J connectivity index is 2.54. The van der Waals surface area contributed by atoms with E-state index in [1.807, 2.05) is 6.92 Å². The third kappa shape index (κ3) is 5.88. The van der Waals surface area contributed by atoms with E-state index >= 15 is 0 Å². The lowest BCUT2D eigenvalue weighted by Crippen LogP contribution is -2.38. The molecule has 1 unspecified atom stereocenters. The third-order valence-corrected chi connectivity index (χ3v) is 4.05. The van der Waals surface area contributed by atoms with Crippen molar-refractivity contribution in [3.63, 3.8) is 0 Å². The molecule has 1 atom stereocenters. The molecule has 0 aliphatic heterocycles. The zero-order valence-electron chi connectivity index (χ0n) is 14.2. The van der Waals surface area contributed by atoms with Crippen molar-refractivity contribution in [3.8, 4) is 0 Å². The van der Waals surface area contributed by atoms with Crippen molar-refractivity contribution in [1.29, 1.82) is 0 Å². The van der Waals surface area contributed by atoms with Crippen LogP contribution < -0.4 is 5.32 Å². The topological polar surface area (TPSA) is 32.3 Å². The van der Waals surface area contributed by atoms with Gasteiger partial charge in [-0.2, -0.15) is 0 Å². The van der Waals surface area contributed by atoms with Crippen LogP contribution in [0.4, 0.5) is 0 Å². The van der Waals surface area contributed by atoms with Crippen LogP contribution in [0.15, 0.2) is 18.2 Å². The van der Waals surface area contributed by atoms with Crippen molar-refractivity contribution in [2.75, 3.05) is 19.6 Å². The predicted molar refractivity (Wildman–Crippen MR) is 89.5 cm³/mol. The number of rotatable bonds is 8. The summed E-state index contributed by atoms with van der Waals surface area (Å²) in [5.41, 5.74) is 3.73. The molecule has 0 aliphatic carbocycles. The Labute approximate surface area is 129 Å². The monoisotopic (exact) mass is 290 g/mol. The molecule has 3 nitrogen and oxygen atoms in total. The fourth-order valence-electron chi connectivity index (χ4n) is 2.34. The number of aryl methyl sites for hydroxylation is 2. The summed E-state index contributed by atoms with van der Waals surface area (Å²) in [5, 5.41) is 3.10. The molecule has 0 saturated heterocycles. The average Bonchev–Trinajstić information content (AvgIpc) is 2.46. The number of nitrogens with one attached hydrogen (secondary N) is 1. The summed E-state index contributed by atoms with van der Waals surface area (Å²) in [7, 11) is 0. The van der Waals surface area contributed by atoms with Crippen LogP contribution in [-0.2, 0) is 4.79 Å². The number of carbonyl (C=O) groups excluding carboxylic acids is 1. The van der Waals surface area contributed by atoms with Crippen molar-refractivity contribution in [2.45, 2.75) is 53.5 Å². The van der Waals surface area contributed by atoms with Gasteiger partial charge in [-0.05, 0) is 57.0 Å². The molecule has 0 spiro atoms. The van der Waals surface area contributed by atoms with Crippen LogP contribution >= 0.6 is 0 Å². The van der Waals surface area contributed by atoms with Gasteiger partial charge in [0, 0.05) is 0 Å². The molecule has 0 radical (unpaired) electrons. The molecule has 0 aliphatic rings. The number of nitrogens with zero attached hydrogens (tertiary/aromatic N) is 1. The van der Waals surface area contributed by atoms with Crippen LogP contribution in [0, 0.1) is 13.8 Å². The van der Waals surface area contributed by atoms with E-state index in [0.29, 0.717) is 6.54 Å². The SMILES string of the molecule is CCCCN(CC)CC(=O)NC(C)c1ccc(C)c(C)c1. The number of amides is 1. The second kappa shape index (κ2) is 8.83. The molecule has 1 aromatic rings. The molecule has 21 heavy (non-hydrogen) atoms. The van der Waals surface area contributed by atoms with Crippen LogP contribution in [-0.4, -0.2) is 30.4 Å². The van der Waals surface area contributed by atoms with Gasteiger partial charge in [-0.15, -0.1) is 0 Å². The van der Waals surface area contributed by atoms with Crippen molar-refractivity contribution in [2.24, 2.45) is 0 Å². The standard InChI is InChI=1S/C18H30N2O/c1-6-8-11-20(7-2)13-18(21)19-16(5)17-10-9-14(3)15(4)12-17/h9-10,12,16H,6-8,11,13H2,1-5H3,(H,19,21). The number of carbonyl (C=O) groups is 1. The van der Waals surface area contributed by atoms with Crippen LogP contribution in [0.5, 0.6) is 0 Å². The highest BCUT2D eigenvalue weighted by Crippen LogP contribution is 2.16. The molecule has 1 rings (SSSR count). The van der Waals surface area contributed by atoms with Gasteiger partial charge in [-0.1, -0.05) is 38.5 Å². The molecule has 0 aromatic heterocycles. The van der Waals surface area contributed by atoms with E-state index in [-0.39, 0.29) is 11.9 Å². The highest BCUT2D eigenvalue weighted by atomic mass is 16.2. The van der Waals surface area contributed by atoms with Gasteiger partial charge in [0.15, 0.2) is 0 Å². The molecule has 1 aromatic carbocycles. The molecule has 0 fully saturated rings. The summed E-state index contributed by atoms with van der Waals surface area (Å²) in [6, 6.07) is 6.44. The Morgan fingerprint density at radius 1 is 1.24 bits per heavy atom. The molecule has 118 valence electrons. The lowest BCUT2D eigenvalue weighted by molar-refractivity contribution is -0.122. The van der Waals surface area contributed by atoms with Gasteiger partial charge in [0.2, 0.25) is 5.91 Å². The van der Waals surface area contributed by atoms with Crippen molar-refractivity contribution in [3.05, 3.63) is 34.9 Å². The van der Waals surface area contributed by atoms with Gasteiger partial charge in [-0.25, -0.2) is 0 Å². The average molecular weight is 290 g/mol. The minimum atomic E-state index is 0.0571. The van der Waals surface area contributed by atoms with Gasteiger partial charge in [0.05, 0.1) is 12.6 Å². The molecular weight excluding hydrogens is 260 g/mol. The Morgan fingerprint density at radius 3 is 2.52 bits per heavy atom. The zero-order valence-corrected chi connectivity index (χ0v) is 14.2. The van der Waals surface area contributed by atoms with Gasteiger partial charge < -0.3 is 5.32 Å². The second-order valence-corrected chi connectivity index (χ2v) is 5.86. The first kappa shape index (κ1) is 17.7. The van der Waals surface area contributed by atoms with E-state index in [4.69, 9.17) is 0 Å². The maximum atomic E-state index is 12.2. The normalized spacial score (nSPS) is 12.5. The van der Waals surface area contributed by atoms with E-state index in [2.05, 4.69) is 56.1 Å². The van der Waals surface area contributed by atoms with E-state index in [9.17, 15) is 4.79 Å². The van der Waals surface area contributed by atoms with Crippen molar-refractivity contribution >= 4 is 5.91 Å². The highest BCUT2D eigenvalue weighted by Gasteiger charge is 2.13. The minimum absolute atomic E-state index is 0.0571. The molecule has 0 heterocycles. The van der Waals surface area contributed by atoms with Crippen LogP contribution in [0.2, 0.25) is 0 Å². The Kier molecular flexibility index (Phi) is 7.44. The number of likely N-dealkylation sites (N-methyl/N-ethyl adjacent to an activating group) is 1. The summed E-state index contributed by atoms with van der Waals surface area (Å²) >= 11 is 0. The van der Waals surface area contributed by atoms with Crippen LogP contribution in [0.3, 0.4) is 0 Å². The molecule has 0 saturated carbocycles. The minimum Gasteiger partial charge on any atom is -0.348 e. The first-order valence-electron chi connectivity index (χ1n) is 8.06. The number of unbranched alkanes of at least 4 members (excludes halogenated alkanes) is 1. The Morgan fingerprint density at radius 2 is 1.95 bits per heavy atom. The lowest BCUT2D eigenvalue weighted by atomic mass is 10.0. The maximum absolute atomic E-state index is 12.2. The first-order chi connectivity index (χ1) is 9.97. The number of benzene rings is 1. The Hall–Kier alpha value is -1.35. The van der Waals surface area contributed by atoms with E-state index < -0.39 is 0 Å². The van der Waals surface area contributed by atoms with E-state index in [0.717, 1.165) is 25.9 Å². The molecule has 3 heteroatoms. The third-order valence-electron chi connectivity index (χ3n) is 4.05. The predicted octanol–water partition coefficient (Wildman–Crippen LogP) is 3.60. The van der Waals surface area contributed by atoms with Gasteiger partial charge in [0.1, 0.15) is 0 Å². The quantitative estimate of drug-likeness (QED) is 0.793. The summed E-state index contributed by atoms with van der Waals surface area (Å²) in [6.07, 6.45) is 2.31. The van der Waals surface area contributed by atoms with Crippen LogP contribution in [0.25, 0.3) is 0 Å². The summed E-state index contributed by atoms with van der Waals surface area (Å²) in [5.74, 6) is 0.110. The number of hydrogen-bond donors (Lipinski definition) is 1. The molecule has 0 bridgehead atoms. The number of hydrogen-bond acceptors (Lipinski definition) is 2. The van der Waals surface area contributed by atoms with Gasteiger partial charge in [0.25, 0.3) is 0 Å². The second-order valence-electron chi connectivity index (χ2n) is 5.86. The lowest BCUT2D eigenvalue weighted by Gasteiger charge is -2.21. The fraction of sp³-hybridized carbons (Fsp3) is 0.611. The highest BCUT2D eigenvalue weighted by molar-refractivity contribution is 5.78. The van der Waals surface area contributed by atoms with Crippen LogP contribution in [0.1, 0.15) is 56.3 Å². The summed E-state index contributed by atoms with van der Waals surface area (Å²) in [4.78, 5) is 14.4. The molecule has 1 amide bonds.